The molecule has 1 atom stereocenters. The number of hydrogen-bond acceptors (Lipinski definition) is 3. The Hall–Kier alpha value is -2.14. The standard InChI is InChI=1S/C13H15NO4/c15-9-8-11(13(17)18)14-12(16)7-6-10-4-2-1-3-5-10/h1-7,11,15H,8-9H2,(H,14,16)(H,17,18)/b7-6+/t11-/m1/s1. The molecule has 0 spiro atoms. The van der Waals surface area contributed by atoms with Crippen LogP contribution in [0.2, 0.25) is 0 Å². The van der Waals surface area contributed by atoms with Crippen molar-refractivity contribution in [2.75, 3.05) is 6.61 Å². The Bertz CT molecular complexity index is 428. The third-order valence-electron chi connectivity index (χ3n) is 2.26. The topological polar surface area (TPSA) is 86.6 Å². The molecule has 1 aromatic carbocycles. The smallest absolute Gasteiger partial charge is 0.326 e. The Morgan fingerprint density at radius 2 is 1.94 bits per heavy atom. The van der Waals surface area contributed by atoms with E-state index in [4.69, 9.17) is 10.2 Å². The molecule has 5 nitrogen and oxygen atoms in total. The SMILES string of the molecule is O=C(/C=C/c1ccccc1)N[C@H](CCO)C(=O)O. The summed E-state index contributed by atoms with van der Waals surface area (Å²) in [4.78, 5) is 22.2. The van der Waals surface area contributed by atoms with Crippen LogP contribution >= 0.6 is 0 Å². The fourth-order valence-corrected chi connectivity index (χ4v) is 1.34. The van der Waals surface area contributed by atoms with Gasteiger partial charge in [0, 0.05) is 19.1 Å². The Balaban J connectivity index is 2.55. The van der Waals surface area contributed by atoms with Gasteiger partial charge in [-0.05, 0) is 11.6 Å². The van der Waals surface area contributed by atoms with Gasteiger partial charge in [-0.2, -0.15) is 0 Å². The highest BCUT2D eigenvalue weighted by molar-refractivity contribution is 5.94. The minimum atomic E-state index is -1.16. The first kappa shape index (κ1) is 13.9. The quantitative estimate of drug-likeness (QED) is 0.646. The van der Waals surface area contributed by atoms with E-state index in [-0.39, 0.29) is 13.0 Å². The van der Waals surface area contributed by atoms with E-state index >= 15 is 0 Å². The van der Waals surface area contributed by atoms with Gasteiger partial charge < -0.3 is 15.5 Å². The van der Waals surface area contributed by atoms with Gasteiger partial charge in [0.15, 0.2) is 0 Å². The summed E-state index contributed by atoms with van der Waals surface area (Å²) < 4.78 is 0. The van der Waals surface area contributed by atoms with Gasteiger partial charge in [-0.3, -0.25) is 4.79 Å². The lowest BCUT2D eigenvalue weighted by Crippen LogP contribution is -2.40. The van der Waals surface area contributed by atoms with Crippen molar-refractivity contribution in [3.8, 4) is 0 Å². The number of benzene rings is 1. The first-order valence-corrected chi connectivity index (χ1v) is 5.51. The molecule has 96 valence electrons. The van der Waals surface area contributed by atoms with Crippen LogP contribution in [0.1, 0.15) is 12.0 Å². The van der Waals surface area contributed by atoms with E-state index in [9.17, 15) is 9.59 Å². The molecule has 0 saturated carbocycles. The zero-order valence-corrected chi connectivity index (χ0v) is 9.74. The summed E-state index contributed by atoms with van der Waals surface area (Å²) >= 11 is 0. The van der Waals surface area contributed by atoms with Crippen LogP contribution in [0.15, 0.2) is 36.4 Å². The first-order valence-electron chi connectivity index (χ1n) is 5.51. The summed E-state index contributed by atoms with van der Waals surface area (Å²) in [6.45, 7) is -0.292. The van der Waals surface area contributed by atoms with E-state index in [0.717, 1.165) is 5.56 Å². The molecule has 1 aromatic rings. The van der Waals surface area contributed by atoms with Gasteiger partial charge in [-0.1, -0.05) is 30.3 Å². The lowest BCUT2D eigenvalue weighted by Gasteiger charge is -2.11. The number of nitrogens with one attached hydrogen (secondary N) is 1. The number of carbonyl (C=O) groups is 2. The number of carboxylic acids is 1. The molecule has 0 fully saturated rings. The van der Waals surface area contributed by atoms with Crippen molar-refractivity contribution in [2.45, 2.75) is 12.5 Å². The predicted octanol–water partition coefficient (Wildman–Crippen LogP) is 0.652. The highest BCUT2D eigenvalue weighted by Crippen LogP contribution is 2.01. The number of aliphatic hydroxyl groups is 1. The zero-order valence-electron chi connectivity index (χ0n) is 9.74. The minimum absolute atomic E-state index is 0.0136. The maximum absolute atomic E-state index is 11.5. The number of hydrogen-bond donors (Lipinski definition) is 3. The summed E-state index contributed by atoms with van der Waals surface area (Å²) in [5.74, 6) is -1.66. The average Bonchev–Trinajstić information content (AvgIpc) is 2.37. The van der Waals surface area contributed by atoms with Gasteiger partial charge in [0.05, 0.1) is 0 Å². The number of aliphatic carboxylic acids is 1. The lowest BCUT2D eigenvalue weighted by atomic mass is 10.2. The second-order valence-electron chi connectivity index (χ2n) is 3.66. The molecule has 0 aromatic heterocycles. The summed E-state index contributed by atoms with van der Waals surface area (Å²) in [5, 5.41) is 19.8. The van der Waals surface area contributed by atoms with Crippen LogP contribution in [0, 0.1) is 0 Å². The van der Waals surface area contributed by atoms with Crippen LogP contribution in [-0.4, -0.2) is 34.7 Å². The van der Waals surface area contributed by atoms with Crippen LogP contribution in [0.3, 0.4) is 0 Å². The van der Waals surface area contributed by atoms with Crippen molar-refractivity contribution >= 4 is 18.0 Å². The van der Waals surface area contributed by atoms with Gasteiger partial charge in [0.25, 0.3) is 0 Å². The highest BCUT2D eigenvalue weighted by Gasteiger charge is 2.17. The molecule has 0 bridgehead atoms. The molecule has 3 N–H and O–H groups in total. The van der Waals surface area contributed by atoms with E-state index in [1.165, 1.54) is 6.08 Å². The fraction of sp³-hybridized carbons (Fsp3) is 0.231. The van der Waals surface area contributed by atoms with Crippen LogP contribution in [-0.2, 0) is 9.59 Å². The third-order valence-corrected chi connectivity index (χ3v) is 2.26. The molecule has 1 amide bonds. The van der Waals surface area contributed by atoms with E-state index in [1.54, 1.807) is 6.08 Å². The van der Waals surface area contributed by atoms with Crippen molar-refractivity contribution in [1.29, 1.82) is 0 Å². The molecule has 0 aliphatic heterocycles. The number of amides is 1. The van der Waals surface area contributed by atoms with E-state index in [2.05, 4.69) is 5.32 Å². The molecule has 0 unspecified atom stereocenters. The van der Waals surface area contributed by atoms with Gasteiger partial charge >= 0.3 is 5.97 Å². The normalized spacial score (nSPS) is 12.3. The van der Waals surface area contributed by atoms with Crippen molar-refractivity contribution in [1.82, 2.24) is 5.32 Å². The Morgan fingerprint density at radius 1 is 1.28 bits per heavy atom. The molecule has 0 aliphatic carbocycles. The van der Waals surface area contributed by atoms with Crippen LogP contribution in [0.5, 0.6) is 0 Å². The number of carbonyl (C=O) groups excluding carboxylic acids is 1. The van der Waals surface area contributed by atoms with E-state index in [0.29, 0.717) is 0 Å². The number of rotatable bonds is 6. The molecule has 1 rings (SSSR count). The van der Waals surface area contributed by atoms with Gasteiger partial charge in [-0.25, -0.2) is 4.79 Å². The highest BCUT2D eigenvalue weighted by atomic mass is 16.4. The van der Waals surface area contributed by atoms with Crippen LogP contribution in [0.25, 0.3) is 6.08 Å². The van der Waals surface area contributed by atoms with Crippen molar-refractivity contribution in [2.24, 2.45) is 0 Å². The zero-order chi connectivity index (χ0) is 13.4. The molecular weight excluding hydrogens is 234 g/mol. The molecule has 5 heteroatoms. The molecular formula is C13H15NO4. The van der Waals surface area contributed by atoms with E-state index in [1.807, 2.05) is 30.3 Å². The monoisotopic (exact) mass is 249 g/mol. The molecule has 0 aliphatic rings. The second-order valence-corrected chi connectivity index (χ2v) is 3.66. The predicted molar refractivity (Wildman–Crippen MR) is 66.7 cm³/mol. The molecule has 18 heavy (non-hydrogen) atoms. The Kier molecular flexibility index (Phi) is 5.60. The summed E-state index contributed by atoms with van der Waals surface area (Å²) in [6, 6.07) is 8.12. The first-order chi connectivity index (χ1) is 8.63. The van der Waals surface area contributed by atoms with Crippen molar-refractivity contribution in [3.05, 3.63) is 42.0 Å². The van der Waals surface area contributed by atoms with Gasteiger partial charge in [-0.15, -0.1) is 0 Å². The largest absolute Gasteiger partial charge is 0.480 e. The molecule has 0 radical (unpaired) electrons. The summed E-state index contributed by atoms with van der Waals surface area (Å²) in [5.41, 5.74) is 0.849. The Labute approximate surface area is 105 Å². The second kappa shape index (κ2) is 7.24. The van der Waals surface area contributed by atoms with Crippen LogP contribution in [0.4, 0.5) is 0 Å². The maximum atomic E-state index is 11.5. The molecule has 0 saturated heterocycles. The van der Waals surface area contributed by atoms with Gasteiger partial charge in [0.1, 0.15) is 6.04 Å². The minimum Gasteiger partial charge on any atom is -0.480 e. The Morgan fingerprint density at radius 3 is 2.50 bits per heavy atom. The molecule has 0 heterocycles. The number of carboxylic acid groups (broad SMARTS) is 1. The number of aliphatic hydroxyl groups excluding tert-OH is 1. The fourth-order valence-electron chi connectivity index (χ4n) is 1.34. The maximum Gasteiger partial charge on any atom is 0.326 e. The van der Waals surface area contributed by atoms with Crippen molar-refractivity contribution in [3.63, 3.8) is 0 Å². The van der Waals surface area contributed by atoms with Gasteiger partial charge in [0.2, 0.25) is 5.91 Å². The average molecular weight is 249 g/mol. The van der Waals surface area contributed by atoms with Crippen LogP contribution < -0.4 is 5.32 Å². The summed E-state index contributed by atoms with van der Waals surface area (Å²) in [6.07, 6.45) is 2.84. The van der Waals surface area contributed by atoms with E-state index < -0.39 is 17.9 Å². The summed E-state index contributed by atoms with van der Waals surface area (Å²) in [7, 11) is 0. The third kappa shape index (κ3) is 4.80. The lowest BCUT2D eigenvalue weighted by molar-refractivity contribution is -0.141. The van der Waals surface area contributed by atoms with Crippen molar-refractivity contribution < 1.29 is 19.8 Å².